The van der Waals surface area contributed by atoms with Crippen LogP contribution >= 0.6 is 11.6 Å². The van der Waals surface area contributed by atoms with Gasteiger partial charge in [-0.25, -0.2) is 0 Å². The highest BCUT2D eigenvalue weighted by Crippen LogP contribution is 2.38. The number of allylic oxidation sites excluding steroid dienone is 1. The Kier molecular flexibility index (Phi) is 4.71. The standard InChI is InChI=1S/C20H17ClO5/c21-15-10-13(11-19-20(15)26-7-1-6-23-19)2-4-16(22)14-3-5-17-18(12-14)25-9-8-24-17/h2-5,10-12H,1,6-9H2/b4-2+. The monoisotopic (exact) mass is 372 g/mol. The summed E-state index contributed by atoms with van der Waals surface area (Å²) in [5, 5.41) is 0.468. The fourth-order valence-corrected chi connectivity index (χ4v) is 3.09. The number of halogens is 1. The molecule has 0 bridgehead atoms. The molecule has 26 heavy (non-hydrogen) atoms. The minimum absolute atomic E-state index is 0.134. The van der Waals surface area contributed by atoms with Crippen molar-refractivity contribution in [1.29, 1.82) is 0 Å². The zero-order valence-electron chi connectivity index (χ0n) is 14.0. The van der Waals surface area contributed by atoms with Crippen molar-refractivity contribution in [3.8, 4) is 23.0 Å². The molecule has 0 saturated carbocycles. The van der Waals surface area contributed by atoms with Crippen LogP contribution in [0.15, 0.2) is 36.4 Å². The van der Waals surface area contributed by atoms with Crippen LogP contribution in [0.4, 0.5) is 0 Å². The molecule has 2 aliphatic rings. The Morgan fingerprint density at radius 2 is 1.65 bits per heavy atom. The van der Waals surface area contributed by atoms with Crippen molar-refractivity contribution in [2.75, 3.05) is 26.4 Å². The van der Waals surface area contributed by atoms with Crippen LogP contribution in [-0.4, -0.2) is 32.2 Å². The molecule has 0 amide bonds. The number of benzene rings is 2. The molecule has 134 valence electrons. The van der Waals surface area contributed by atoms with E-state index in [0.717, 1.165) is 12.0 Å². The van der Waals surface area contributed by atoms with E-state index in [2.05, 4.69) is 0 Å². The van der Waals surface area contributed by atoms with Crippen LogP contribution in [0.25, 0.3) is 6.08 Å². The summed E-state index contributed by atoms with van der Waals surface area (Å²) in [6, 6.07) is 8.74. The lowest BCUT2D eigenvalue weighted by Crippen LogP contribution is -2.15. The zero-order chi connectivity index (χ0) is 17.9. The van der Waals surface area contributed by atoms with Crippen LogP contribution in [-0.2, 0) is 0 Å². The number of hydrogen-bond acceptors (Lipinski definition) is 5. The second-order valence-corrected chi connectivity index (χ2v) is 6.34. The Labute approximate surface area is 156 Å². The van der Waals surface area contributed by atoms with Crippen molar-refractivity contribution in [2.24, 2.45) is 0 Å². The quantitative estimate of drug-likeness (QED) is 0.598. The molecule has 2 heterocycles. The van der Waals surface area contributed by atoms with Crippen molar-refractivity contribution in [2.45, 2.75) is 6.42 Å². The summed E-state index contributed by atoms with van der Waals surface area (Å²) in [7, 11) is 0. The summed E-state index contributed by atoms with van der Waals surface area (Å²) in [5.74, 6) is 2.27. The van der Waals surface area contributed by atoms with Gasteiger partial charge in [-0.05, 0) is 42.0 Å². The summed E-state index contributed by atoms with van der Waals surface area (Å²) < 4.78 is 22.3. The van der Waals surface area contributed by atoms with Crippen LogP contribution in [0, 0.1) is 0 Å². The molecular formula is C20H17ClO5. The maximum atomic E-state index is 12.5. The number of rotatable bonds is 3. The maximum Gasteiger partial charge on any atom is 0.185 e. The summed E-state index contributed by atoms with van der Waals surface area (Å²) in [6.45, 7) is 2.15. The van der Waals surface area contributed by atoms with E-state index < -0.39 is 0 Å². The topological polar surface area (TPSA) is 54.0 Å². The highest BCUT2D eigenvalue weighted by atomic mass is 35.5. The smallest absolute Gasteiger partial charge is 0.185 e. The third-order valence-electron chi connectivity index (χ3n) is 4.08. The van der Waals surface area contributed by atoms with Gasteiger partial charge in [-0.1, -0.05) is 17.7 Å². The fraction of sp³-hybridized carbons (Fsp3) is 0.250. The van der Waals surface area contributed by atoms with E-state index in [1.54, 1.807) is 30.3 Å². The molecule has 0 aliphatic carbocycles. The normalized spacial score (nSPS) is 15.6. The molecule has 2 aliphatic heterocycles. The van der Waals surface area contributed by atoms with E-state index in [-0.39, 0.29) is 5.78 Å². The van der Waals surface area contributed by atoms with Crippen LogP contribution < -0.4 is 18.9 Å². The van der Waals surface area contributed by atoms with E-state index in [0.29, 0.717) is 60.0 Å². The lowest BCUT2D eigenvalue weighted by Gasteiger charge is -2.18. The molecular weight excluding hydrogens is 356 g/mol. The molecule has 0 N–H and O–H groups in total. The van der Waals surface area contributed by atoms with E-state index >= 15 is 0 Å². The Bertz CT molecular complexity index is 875. The number of carbonyl (C=O) groups excluding carboxylic acids is 1. The van der Waals surface area contributed by atoms with Crippen molar-refractivity contribution in [3.63, 3.8) is 0 Å². The number of carbonyl (C=O) groups is 1. The molecule has 5 nitrogen and oxygen atoms in total. The van der Waals surface area contributed by atoms with E-state index in [1.807, 2.05) is 6.07 Å². The molecule has 0 spiro atoms. The summed E-state index contributed by atoms with van der Waals surface area (Å²) >= 11 is 6.28. The Balaban J connectivity index is 1.55. The van der Waals surface area contributed by atoms with Crippen LogP contribution in [0.5, 0.6) is 23.0 Å². The Hall–Kier alpha value is -2.66. The van der Waals surface area contributed by atoms with Crippen molar-refractivity contribution in [1.82, 2.24) is 0 Å². The molecule has 0 saturated heterocycles. The predicted octanol–water partition coefficient (Wildman–Crippen LogP) is 4.17. The zero-order valence-corrected chi connectivity index (χ0v) is 14.8. The number of ether oxygens (including phenoxy) is 4. The highest BCUT2D eigenvalue weighted by Gasteiger charge is 2.16. The van der Waals surface area contributed by atoms with Crippen LogP contribution in [0.3, 0.4) is 0 Å². The minimum atomic E-state index is -0.134. The lowest BCUT2D eigenvalue weighted by atomic mass is 10.1. The second kappa shape index (κ2) is 7.30. The van der Waals surface area contributed by atoms with Gasteiger partial charge in [-0.3, -0.25) is 4.79 Å². The molecule has 6 heteroatoms. The third-order valence-corrected chi connectivity index (χ3v) is 4.36. The van der Waals surface area contributed by atoms with Crippen molar-refractivity contribution < 1.29 is 23.7 Å². The molecule has 0 unspecified atom stereocenters. The SMILES string of the molecule is O=C(/C=C/c1cc(Cl)c2c(c1)OCCCO2)c1ccc2c(c1)OCCO2. The van der Waals surface area contributed by atoms with E-state index in [1.165, 1.54) is 6.08 Å². The number of ketones is 1. The van der Waals surface area contributed by atoms with Gasteiger partial charge in [-0.2, -0.15) is 0 Å². The summed E-state index contributed by atoms with van der Waals surface area (Å²) in [6.07, 6.45) is 4.01. The van der Waals surface area contributed by atoms with Gasteiger partial charge in [0.25, 0.3) is 0 Å². The molecule has 0 aromatic heterocycles. The predicted molar refractivity (Wildman–Crippen MR) is 97.9 cm³/mol. The van der Waals surface area contributed by atoms with Gasteiger partial charge in [-0.15, -0.1) is 0 Å². The van der Waals surface area contributed by atoms with E-state index in [9.17, 15) is 4.79 Å². The van der Waals surface area contributed by atoms with Crippen LogP contribution in [0.2, 0.25) is 5.02 Å². The van der Waals surface area contributed by atoms with Gasteiger partial charge in [0.1, 0.15) is 13.2 Å². The molecule has 0 radical (unpaired) electrons. The first kappa shape index (κ1) is 16.8. The largest absolute Gasteiger partial charge is 0.489 e. The minimum Gasteiger partial charge on any atom is -0.489 e. The average Bonchev–Trinajstić information content (AvgIpc) is 2.91. The maximum absolute atomic E-state index is 12.5. The number of hydrogen-bond donors (Lipinski definition) is 0. The summed E-state index contributed by atoms with van der Waals surface area (Å²) in [5.41, 5.74) is 1.30. The lowest BCUT2D eigenvalue weighted by molar-refractivity contribution is 0.104. The third kappa shape index (κ3) is 3.48. The average molecular weight is 373 g/mol. The molecule has 0 fully saturated rings. The van der Waals surface area contributed by atoms with Crippen molar-refractivity contribution >= 4 is 23.5 Å². The first-order valence-corrected chi connectivity index (χ1v) is 8.80. The Morgan fingerprint density at radius 3 is 2.54 bits per heavy atom. The number of fused-ring (bicyclic) bond motifs is 2. The second-order valence-electron chi connectivity index (χ2n) is 5.94. The van der Waals surface area contributed by atoms with Crippen LogP contribution in [0.1, 0.15) is 22.3 Å². The van der Waals surface area contributed by atoms with Gasteiger partial charge in [0, 0.05) is 12.0 Å². The fourth-order valence-electron chi connectivity index (χ4n) is 2.81. The van der Waals surface area contributed by atoms with Gasteiger partial charge in [0.15, 0.2) is 28.8 Å². The summed E-state index contributed by atoms with van der Waals surface area (Å²) in [4.78, 5) is 12.5. The first-order valence-electron chi connectivity index (χ1n) is 8.42. The van der Waals surface area contributed by atoms with Gasteiger partial charge in [0.05, 0.1) is 18.2 Å². The van der Waals surface area contributed by atoms with Gasteiger partial charge < -0.3 is 18.9 Å². The molecule has 0 atom stereocenters. The van der Waals surface area contributed by atoms with Gasteiger partial charge in [0.2, 0.25) is 0 Å². The molecule has 4 rings (SSSR count). The first-order chi connectivity index (χ1) is 12.7. The molecule has 2 aromatic rings. The van der Waals surface area contributed by atoms with Gasteiger partial charge >= 0.3 is 0 Å². The highest BCUT2D eigenvalue weighted by molar-refractivity contribution is 6.32. The van der Waals surface area contributed by atoms with E-state index in [4.69, 9.17) is 30.5 Å². The molecule has 2 aromatic carbocycles. The van der Waals surface area contributed by atoms with Crippen molar-refractivity contribution in [3.05, 3.63) is 52.6 Å². The Morgan fingerprint density at radius 1 is 0.885 bits per heavy atom.